The van der Waals surface area contributed by atoms with E-state index in [1.807, 2.05) is 47.8 Å². The Morgan fingerprint density at radius 3 is 2.41 bits per heavy atom. The van der Waals surface area contributed by atoms with Crippen molar-refractivity contribution in [2.45, 2.75) is 12.8 Å². The van der Waals surface area contributed by atoms with Gasteiger partial charge in [-0.3, -0.25) is 10.1 Å². The molecule has 1 amide bonds. The summed E-state index contributed by atoms with van der Waals surface area (Å²) in [6.07, 6.45) is 1.66. The van der Waals surface area contributed by atoms with Crippen molar-refractivity contribution >= 4 is 22.4 Å². The number of halogens is 1. The van der Waals surface area contributed by atoms with Crippen LogP contribution in [-0.2, 0) is 12.8 Å². The van der Waals surface area contributed by atoms with Crippen molar-refractivity contribution in [3.05, 3.63) is 107 Å². The van der Waals surface area contributed by atoms with Gasteiger partial charge in [-0.05, 0) is 54.3 Å². The number of aromatic nitrogens is 1. The highest BCUT2D eigenvalue weighted by atomic mass is 32.1. The molecule has 0 unspecified atom stereocenters. The van der Waals surface area contributed by atoms with Crippen LogP contribution in [0.15, 0.2) is 84.2 Å². The smallest absolute Gasteiger partial charge is 0.257 e. The maximum absolute atomic E-state index is 13.1. The molecule has 144 valence electrons. The molecular formula is C24H19FN2OS. The molecule has 1 heterocycles. The molecule has 0 fully saturated rings. The summed E-state index contributed by atoms with van der Waals surface area (Å²) < 4.78 is 13.1. The lowest BCUT2D eigenvalue weighted by Crippen LogP contribution is -2.14. The number of rotatable bonds is 6. The summed E-state index contributed by atoms with van der Waals surface area (Å²) >= 11 is 1.35. The van der Waals surface area contributed by atoms with Crippen LogP contribution in [0.3, 0.4) is 0 Å². The second kappa shape index (κ2) is 8.80. The topological polar surface area (TPSA) is 42.0 Å². The molecule has 5 heteroatoms. The normalized spacial score (nSPS) is 10.7. The molecule has 0 saturated carbocycles. The van der Waals surface area contributed by atoms with Gasteiger partial charge in [-0.1, -0.05) is 48.5 Å². The summed E-state index contributed by atoms with van der Waals surface area (Å²) in [4.78, 5) is 17.3. The zero-order chi connectivity index (χ0) is 20.1. The summed E-state index contributed by atoms with van der Waals surface area (Å²) in [7, 11) is 0. The number of thiazole rings is 1. The van der Waals surface area contributed by atoms with Gasteiger partial charge in [0.2, 0.25) is 0 Å². The van der Waals surface area contributed by atoms with E-state index in [1.54, 1.807) is 12.1 Å². The standard InChI is InChI=1S/C24H19FN2OS/c25-20-14-12-19(13-15-20)22-16-29-24(26-22)27-23(28)21-9-5-4-8-18(21)11-10-17-6-2-1-3-7-17/h1-9,12-16H,10-11H2,(H,26,27,28). The Hall–Kier alpha value is -3.31. The van der Waals surface area contributed by atoms with Crippen molar-refractivity contribution in [1.82, 2.24) is 4.98 Å². The van der Waals surface area contributed by atoms with Gasteiger partial charge in [0.1, 0.15) is 5.82 Å². The van der Waals surface area contributed by atoms with Gasteiger partial charge in [-0.15, -0.1) is 11.3 Å². The summed E-state index contributed by atoms with van der Waals surface area (Å²) in [5.41, 5.74) is 4.42. The molecule has 0 spiro atoms. The Morgan fingerprint density at radius 1 is 0.897 bits per heavy atom. The number of nitrogens with zero attached hydrogens (tertiary/aromatic N) is 1. The fraction of sp³-hybridized carbons (Fsp3) is 0.0833. The minimum atomic E-state index is -0.287. The maximum atomic E-state index is 13.1. The lowest BCUT2D eigenvalue weighted by molar-refractivity contribution is 0.102. The van der Waals surface area contributed by atoms with Crippen LogP contribution in [0, 0.1) is 5.82 Å². The van der Waals surface area contributed by atoms with Crippen molar-refractivity contribution in [3.8, 4) is 11.3 Å². The Kier molecular flexibility index (Phi) is 5.77. The lowest BCUT2D eigenvalue weighted by atomic mass is 9.99. The zero-order valence-electron chi connectivity index (χ0n) is 15.6. The number of carbonyl (C=O) groups is 1. The molecule has 0 aliphatic carbocycles. The minimum absolute atomic E-state index is 0.173. The lowest BCUT2D eigenvalue weighted by Gasteiger charge is -2.09. The van der Waals surface area contributed by atoms with Gasteiger partial charge in [0.15, 0.2) is 5.13 Å². The van der Waals surface area contributed by atoms with E-state index in [4.69, 9.17) is 0 Å². The predicted molar refractivity (Wildman–Crippen MR) is 116 cm³/mol. The second-order valence-electron chi connectivity index (χ2n) is 6.64. The molecule has 29 heavy (non-hydrogen) atoms. The number of hydrogen-bond donors (Lipinski definition) is 1. The molecule has 1 aromatic heterocycles. The van der Waals surface area contributed by atoms with Gasteiger partial charge >= 0.3 is 0 Å². The van der Waals surface area contributed by atoms with Crippen molar-refractivity contribution < 1.29 is 9.18 Å². The van der Waals surface area contributed by atoms with E-state index in [0.29, 0.717) is 16.4 Å². The molecule has 0 saturated heterocycles. The number of carbonyl (C=O) groups excluding carboxylic acids is 1. The van der Waals surface area contributed by atoms with Crippen LogP contribution in [0.2, 0.25) is 0 Å². The molecule has 4 aromatic rings. The van der Waals surface area contributed by atoms with Crippen LogP contribution >= 0.6 is 11.3 Å². The van der Waals surface area contributed by atoms with Crippen LogP contribution in [0.5, 0.6) is 0 Å². The van der Waals surface area contributed by atoms with Gasteiger partial charge < -0.3 is 0 Å². The van der Waals surface area contributed by atoms with E-state index in [9.17, 15) is 9.18 Å². The van der Waals surface area contributed by atoms with Gasteiger partial charge in [0.05, 0.1) is 5.69 Å². The minimum Gasteiger partial charge on any atom is -0.298 e. The average Bonchev–Trinajstić information content (AvgIpc) is 3.22. The molecule has 0 bridgehead atoms. The van der Waals surface area contributed by atoms with E-state index in [0.717, 1.165) is 24.0 Å². The van der Waals surface area contributed by atoms with Gasteiger partial charge in [-0.25, -0.2) is 9.37 Å². The summed E-state index contributed by atoms with van der Waals surface area (Å²) in [6, 6.07) is 24.0. The van der Waals surface area contributed by atoms with Crippen LogP contribution < -0.4 is 5.32 Å². The molecule has 3 aromatic carbocycles. The fourth-order valence-electron chi connectivity index (χ4n) is 3.13. The Bertz CT molecular complexity index is 1110. The molecule has 1 N–H and O–H groups in total. The third-order valence-corrected chi connectivity index (χ3v) is 5.41. The van der Waals surface area contributed by atoms with E-state index >= 15 is 0 Å². The van der Waals surface area contributed by atoms with Crippen LogP contribution in [0.4, 0.5) is 9.52 Å². The van der Waals surface area contributed by atoms with Crippen LogP contribution in [0.25, 0.3) is 11.3 Å². The van der Waals surface area contributed by atoms with Gasteiger partial charge in [-0.2, -0.15) is 0 Å². The maximum Gasteiger partial charge on any atom is 0.257 e. The number of amides is 1. The summed E-state index contributed by atoms with van der Waals surface area (Å²) in [5.74, 6) is -0.460. The first kappa shape index (κ1) is 19.0. The van der Waals surface area contributed by atoms with E-state index < -0.39 is 0 Å². The van der Waals surface area contributed by atoms with Crippen molar-refractivity contribution in [3.63, 3.8) is 0 Å². The van der Waals surface area contributed by atoms with E-state index in [1.165, 1.54) is 29.0 Å². The number of anilines is 1. The predicted octanol–water partition coefficient (Wildman–Crippen LogP) is 5.99. The summed E-state index contributed by atoms with van der Waals surface area (Å²) in [5, 5.41) is 5.26. The Morgan fingerprint density at radius 2 is 1.62 bits per heavy atom. The van der Waals surface area contributed by atoms with E-state index in [-0.39, 0.29) is 11.7 Å². The monoisotopic (exact) mass is 402 g/mol. The van der Waals surface area contributed by atoms with Gasteiger partial charge in [0.25, 0.3) is 5.91 Å². The van der Waals surface area contributed by atoms with Crippen LogP contribution in [0.1, 0.15) is 21.5 Å². The molecule has 0 atom stereocenters. The highest BCUT2D eigenvalue weighted by Gasteiger charge is 2.13. The number of nitrogens with one attached hydrogen (secondary N) is 1. The third-order valence-electron chi connectivity index (χ3n) is 4.65. The second-order valence-corrected chi connectivity index (χ2v) is 7.50. The zero-order valence-corrected chi connectivity index (χ0v) is 16.5. The molecule has 0 aliphatic heterocycles. The van der Waals surface area contributed by atoms with E-state index in [2.05, 4.69) is 22.4 Å². The van der Waals surface area contributed by atoms with Crippen molar-refractivity contribution in [2.24, 2.45) is 0 Å². The molecule has 0 aliphatic rings. The van der Waals surface area contributed by atoms with Gasteiger partial charge in [0, 0.05) is 16.5 Å². The Balaban J connectivity index is 1.47. The number of aryl methyl sites for hydroxylation is 2. The first-order valence-electron chi connectivity index (χ1n) is 9.34. The quantitative estimate of drug-likeness (QED) is 0.431. The largest absolute Gasteiger partial charge is 0.298 e. The first-order valence-corrected chi connectivity index (χ1v) is 10.2. The molecular weight excluding hydrogens is 383 g/mol. The summed E-state index contributed by atoms with van der Waals surface area (Å²) in [6.45, 7) is 0. The highest BCUT2D eigenvalue weighted by Crippen LogP contribution is 2.25. The molecule has 4 rings (SSSR count). The third kappa shape index (κ3) is 4.76. The average molecular weight is 402 g/mol. The molecule has 3 nitrogen and oxygen atoms in total. The number of benzene rings is 3. The first-order chi connectivity index (χ1) is 14.2. The van der Waals surface area contributed by atoms with Crippen LogP contribution in [-0.4, -0.2) is 10.9 Å². The molecule has 0 radical (unpaired) electrons. The fourth-order valence-corrected chi connectivity index (χ4v) is 3.85. The Labute approximate surface area is 172 Å². The number of hydrogen-bond acceptors (Lipinski definition) is 3. The van der Waals surface area contributed by atoms with Crippen molar-refractivity contribution in [1.29, 1.82) is 0 Å². The highest BCUT2D eigenvalue weighted by molar-refractivity contribution is 7.14. The van der Waals surface area contributed by atoms with Crippen molar-refractivity contribution in [2.75, 3.05) is 5.32 Å². The SMILES string of the molecule is O=C(Nc1nc(-c2ccc(F)cc2)cs1)c1ccccc1CCc1ccccc1.